The molecule has 0 spiro atoms. The van der Waals surface area contributed by atoms with Crippen molar-refractivity contribution in [2.75, 3.05) is 26.3 Å². The first kappa shape index (κ1) is 15.2. The van der Waals surface area contributed by atoms with Crippen LogP contribution in [0.5, 0.6) is 0 Å². The van der Waals surface area contributed by atoms with E-state index < -0.39 is 18.0 Å². The number of carbonyl (C=O) groups is 3. The summed E-state index contributed by atoms with van der Waals surface area (Å²) in [5, 5.41) is 11.6. The topological polar surface area (TPSA) is 122 Å². The summed E-state index contributed by atoms with van der Waals surface area (Å²) < 4.78 is 5.04. The number of nitrogens with zero attached hydrogens (tertiary/aromatic N) is 1. The maximum Gasteiger partial charge on any atom is 0.328 e. The van der Waals surface area contributed by atoms with Crippen LogP contribution in [0.15, 0.2) is 0 Å². The second kappa shape index (κ2) is 7.57. The zero-order chi connectivity index (χ0) is 14.3. The number of hydrogen-bond donors (Lipinski definition) is 3. The van der Waals surface area contributed by atoms with Gasteiger partial charge in [0.2, 0.25) is 5.91 Å². The van der Waals surface area contributed by atoms with E-state index in [1.54, 1.807) is 0 Å². The van der Waals surface area contributed by atoms with E-state index in [1.807, 2.05) is 0 Å². The average Bonchev–Trinajstić information content (AvgIpc) is 2.37. The molecule has 0 aromatic carbocycles. The molecule has 4 N–H and O–H groups in total. The quantitative estimate of drug-likeness (QED) is 0.543. The summed E-state index contributed by atoms with van der Waals surface area (Å²) >= 11 is 0. The van der Waals surface area contributed by atoms with Crippen molar-refractivity contribution in [1.29, 1.82) is 0 Å². The highest BCUT2D eigenvalue weighted by Gasteiger charge is 2.32. The number of nitrogens with one attached hydrogen (secondary N) is 1. The molecule has 19 heavy (non-hydrogen) atoms. The van der Waals surface area contributed by atoms with Crippen molar-refractivity contribution >= 4 is 17.9 Å². The van der Waals surface area contributed by atoms with Crippen LogP contribution in [0.2, 0.25) is 0 Å². The molecule has 1 saturated heterocycles. The molecule has 0 aliphatic carbocycles. The number of carboxylic acids is 1. The second-order valence-corrected chi connectivity index (χ2v) is 4.28. The van der Waals surface area contributed by atoms with E-state index in [0.29, 0.717) is 26.0 Å². The number of nitrogens with two attached hydrogens (primary N) is 1. The maximum atomic E-state index is 11.8. The van der Waals surface area contributed by atoms with E-state index >= 15 is 0 Å². The SMILES string of the molecule is NC(=O)CCCCNC(=O)N1CCOCC1C(=O)O. The Morgan fingerprint density at radius 2 is 2.11 bits per heavy atom. The van der Waals surface area contributed by atoms with Crippen molar-refractivity contribution < 1.29 is 24.2 Å². The third-order valence-electron chi connectivity index (χ3n) is 2.80. The lowest BCUT2D eigenvalue weighted by Crippen LogP contribution is -2.55. The first-order valence-corrected chi connectivity index (χ1v) is 6.15. The largest absolute Gasteiger partial charge is 0.480 e. The number of morpholine rings is 1. The Kier molecular flexibility index (Phi) is 6.07. The Morgan fingerprint density at radius 1 is 1.37 bits per heavy atom. The average molecular weight is 273 g/mol. The van der Waals surface area contributed by atoms with Crippen LogP contribution in [0.3, 0.4) is 0 Å². The van der Waals surface area contributed by atoms with Crippen molar-refractivity contribution in [2.24, 2.45) is 5.73 Å². The van der Waals surface area contributed by atoms with Gasteiger partial charge in [-0.25, -0.2) is 9.59 Å². The normalized spacial score (nSPS) is 18.9. The van der Waals surface area contributed by atoms with Gasteiger partial charge < -0.3 is 25.8 Å². The first-order valence-electron chi connectivity index (χ1n) is 6.15. The minimum Gasteiger partial charge on any atom is -0.480 e. The van der Waals surface area contributed by atoms with E-state index in [-0.39, 0.29) is 25.5 Å². The molecule has 8 nitrogen and oxygen atoms in total. The third-order valence-corrected chi connectivity index (χ3v) is 2.80. The predicted octanol–water partition coefficient (Wildman–Crippen LogP) is -0.863. The van der Waals surface area contributed by atoms with Crippen molar-refractivity contribution in [1.82, 2.24) is 10.2 Å². The summed E-state index contributed by atoms with van der Waals surface area (Å²) in [4.78, 5) is 34.5. The van der Waals surface area contributed by atoms with Crippen LogP contribution in [-0.2, 0) is 14.3 Å². The van der Waals surface area contributed by atoms with Gasteiger partial charge in [0.05, 0.1) is 13.2 Å². The molecular weight excluding hydrogens is 254 g/mol. The fraction of sp³-hybridized carbons (Fsp3) is 0.727. The lowest BCUT2D eigenvalue weighted by molar-refractivity contribution is -0.147. The molecule has 0 aromatic heterocycles. The van der Waals surface area contributed by atoms with E-state index in [0.717, 1.165) is 0 Å². The number of rotatable bonds is 6. The summed E-state index contributed by atoms with van der Waals surface area (Å²) in [6.45, 7) is 0.975. The fourth-order valence-electron chi connectivity index (χ4n) is 1.77. The highest BCUT2D eigenvalue weighted by atomic mass is 16.5. The van der Waals surface area contributed by atoms with E-state index in [4.69, 9.17) is 15.6 Å². The lowest BCUT2D eigenvalue weighted by Gasteiger charge is -2.32. The number of carboxylic acid groups (broad SMARTS) is 1. The highest BCUT2D eigenvalue weighted by Crippen LogP contribution is 2.07. The molecule has 8 heteroatoms. The number of primary amides is 1. The molecule has 1 atom stereocenters. The molecule has 0 aromatic rings. The third kappa shape index (κ3) is 5.12. The molecule has 1 heterocycles. The molecule has 1 fully saturated rings. The van der Waals surface area contributed by atoms with Crippen LogP contribution >= 0.6 is 0 Å². The number of unbranched alkanes of at least 4 members (excludes halogenated alkanes) is 1. The van der Waals surface area contributed by atoms with E-state index in [1.165, 1.54) is 4.90 Å². The number of hydrogen-bond acceptors (Lipinski definition) is 4. The van der Waals surface area contributed by atoms with Crippen molar-refractivity contribution in [3.8, 4) is 0 Å². The predicted molar refractivity (Wildman–Crippen MR) is 65.4 cm³/mol. The molecule has 1 unspecified atom stereocenters. The molecule has 1 aliphatic rings. The number of carbonyl (C=O) groups excluding carboxylic acids is 2. The Bertz CT molecular complexity index is 347. The van der Waals surface area contributed by atoms with Crippen LogP contribution in [0.1, 0.15) is 19.3 Å². The van der Waals surface area contributed by atoms with Crippen molar-refractivity contribution in [3.05, 3.63) is 0 Å². The highest BCUT2D eigenvalue weighted by molar-refractivity contribution is 5.83. The van der Waals surface area contributed by atoms with Crippen LogP contribution < -0.4 is 11.1 Å². The summed E-state index contributed by atoms with van der Waals surface area (Å²) in [6, 6.07) is -1.37. The summed E-state index contributed by atoms with van der Waals surface area (Å²) in [5.74, 6) is -1.45. The minimum atomic E-state index is -1.08. The van der Waals surface area contributed by atoms with Crippen molar-refractivity contribution in [3.63, 3.8) is 0 Å². The number of amides is 3. The van der Waals surface area contributed by atoms with Gasteiger partial charge in [0.1, 0.15) is 0 Å². The molecule has 1 rings (SSSR count). The van der Waals surface area contributed by atoms with Crippen LogP contribution in [0.4, 0.5) is 4.79 Å². The number of urea groups is 1. The molecule has 0 bridgehead atoms. The maximum absolute atomic E-state index is 11.8. The number of aliphatic carboxylic acids is 1. The zero-order valence-corrected chi connectivity index (χ0v) is 10.6. The molecular formula is C11H19N3O5. The van der Waals surface area contributed by atoms with Gasteiger partial charge in [0.15, 0.2) is 6.04 Å². The smallest absolute Gasteiger partial charge is 0.328 e. The van der Waals surface area contributed by atoms with E-state index in [2.05, 4.69) is 5.32 Å². The first-order chi connectivity index (χ1) is 9.02. The van der Waals surface area contributed by atoms with Gasteiger partial charge in [0, 0.05) is 19.5 Å². The Labute approximate surface area is 110 Å². The molecule has 108 valence electrons. The Balaban J connectivity index is 2.30. The minimum absolute atomic E-state index is 0.00439. The number of ether oxygens (including phenoxy) is 1. The lowest BCUT2D eigenvalue weighted by atomic mass is 10.2. The standard InChI is InChI=1S/C11H19N3O5/c12-9(15)3-1-2-4-13-11(18)14-5-6-19-7-8(14)10(16)17/h8H,1-7H2,(H2,12,15)(H,13,18)(H,16,17). The van der Waals surface area contributed by atoms with Crippen LogP contribution in [-0.4, -0.2) is 60.3 Å². The monoisotopic (exact) mass is 273 g/mol. The van der Waals surface area contributed by atoms with Gasteiger partial charge >= 0.3 is 12.0 Å². The van der Waals surface area contributed by atoms with E-state index in [9.17, 15) is 14.4 Å². The molecule has 0 saturated carbocycles. The second-order valence-electron chi connectivity index (χ2n) is 4.28. The molecule has 0 radical (unpaired) electrons. The zero-order valence-electron chi connectivity index (χ0n) is 10.6. The van der Waals surface area contributed by atoms with Crippen LogP contribution in [0.25, 0.3) is 0 Å². The van der Waals surface area contributed by atoms with Gasteiger partial charge in [-0.1, -0.05) is 0 Å². The van der Waals surface area contributed by atoms with Gasteiger partial charge in [-0.15, -0.1) is 0 Å². The molecule has 1 aliphatic heterocycles. The van der Waals surface area contributed by atoms with Gasteiger partial charge in [0.25, 0.3) is 0 Å². The fourth-order valence-corrected chi connectivity index (χ4v) is 1.77. The summed E-state index contributed by atoms with van der Waals surface area (Å²) in [6.07, 6.45) is 1.50. The van der Waals surface area contributed by atoms with Crippen LogP contribution in [0, 0.1) is 0 Å². The Hall–Kier alpha value is -1.83. The van der Waals surface area contributed by atoms with Gasteiger partial charge in [-0.2, -0.15) is 0 Å². The summed E-state index contributed by atoms with van der Waals surface area (Å²) in [7, 11) is 0. The van der Waals surface area contributed by atoms with Gasteiger partial charge in [-0.05, 0) is 12.8 Å². The van der Waals surface area contributed by atoms with Gasteiger partial charge in [-0.3, -0.25) is 4.79 Å². The van der Waals surface area contributed by atoms with Crippen molar-refractivity contribution in [2.45, 2.75) is 25.3 Å². The Morgan fingerprint density at radius 3 is 2.74 bits per heavy atom. The molecule has 3 amide bonds. The summed E-state index contributed by atoms with van der Waals surface area (Å²) in [5.41, 5.74) is 4.99.